The van der Waals surface area contributed by atoms with E-state index in [1.807, 2.05) is 54.9 Å². The molecule has 1 amide bonds. The Balaban J connectivity index is 1.68. The maximum Gasteiger partial charge on any atom is 0.252 e. The van der Waals surface area contributed by atoms with Crippen molar-refractivity contribution in [2.75, 3.05) is 13.6 Å². The van der Waals surface area contributed by atoms with Gasteiger partial charge in [0.1, 0.15) is 0 Å². The molecule has 6 heteroatoms. The zero-order valence-electron chi connectivity index (χ0n) is 21.2. The second kappa shape index (κ2) is 11.3. The lowest BCUT2D eigenvalue weighted by Gasteiger charge is -2.17. The molecule has 2 heterocycles. The molecule has 1 N–H and O–H groups in total. The summed E-state index contributed by atoms with van der Waals surface area (Å²) in [7, 11) is 2.16. The zero-order chi connectivity index (χ0) is 24.8. The van der Waals surface area contributed by atoms with E-state index >= 15 is 0 Å². The first-order chi connectivity index (χ1) is 17.0. The highest BCUT2D eigenvalue weighted by molar-refractivity contribution is 6.06. The predicted octanol–water partition coefficient (Wildman–Crippen LogP) is 5.84. The van der Waals surface area contributed by atoms with Crippen molar-refractivity contribution in [1.82, 2.24) is 25.0 Å². The summed E-state index contributed by atoms with van der Waals surface area (Å²) in [6.45, 7) is 8.88. The highest BCUT2D eigenvalue weighted by Crippen LogP contribution is 2.27. The lowest BCUT2D eigenvalue weighted by Crippen LogP contribution is -2.27. The van der Waals surface area contributed by atoms with Gasteiger partial charge in [-0.3, -0.25) is 4.79 Å². The number of pyridine rings is 1. The van der Waals surface area contributed by atoms with Gasteiger partial charge in [-0.05, 0) is 57.1 Å². The number of fused-ring (bicyclic) bond motifs is 1. The van der Waals surface area contributed by atoms with Crippen LogP contribution in [0.2, 0.25) is 0 Å². The van der Waals surface area contributed by atoms with Crippen molar-refractivity contribution in [3.8, 4) is 11.3 Å². The zero-order valence-corrected chi connectivity index (χ0v) is 21.2. The van der Waals surface area contributed by atoms with Crippen LogP contribution >= 0.6 is 0 Å². The quantitative estimate of drug-likeness (QED) is 0.317. The Morgan fingerprint density at radius 3 is 2.63 bits per heavy atom. The Morgan fingerprint density at radius 2 is 1.89 bits per heavy atom. The molecule has 0 unspecified atom stereocenters. The third-order valence-electron chi connectivity index (χ3n) is 6.37. The first-order valence-electron chi connectivity index (χ1n) is 12.5. The summed E-state index contributed by atoms with van der Waals surface area (Å²) in [5.74, 6) is -0.124. The Kier molecular flexibility index (Phi) is 7.93. The maximum atomic E-state index is 13.5. The molecule has 0 radical (unpaired) electrons. The molecule has 182 valence electrons. The van der Waals surface area contributed by atoms with Gasteiger partial charge in [0, 0.05) is 18.7 Å². The molecule has 35 heavy (non-hydrogen) atoms. The van der Waals surface area contributed by atoms with E-state index in [0.29, 0.717) is 12.1 Å². The van der Waals surface area contributed by atoms with E-state index in [0.717, 1.165) is 40.9 Å². The van der Waals surface area contributed by atoms with Gasteiger partial charge in [-0.25, -0.2) is 9.67 Å². The van der Waals surface area contributed by atoms with Gasteiger partial charge in [0.05, 0.1) is 28.9 Å². The van der Waals surface area contributed by atoms with Gasteiger partial charge in [-0.1, -0.05) is 61.9 Å². The number of nitrogens with one attached hydrogen (secondary N) is 1. The fourth-order valence-electron chi connectivity index (χ4n) is 4.36. The van der Waals surface area contributed by atoms with Crippen molar-refractivity contribution in [1.29, 1.82) is 0 Å². The van der Waals surface area contributed by atoms with Crippen LogP contribution in [0.5, 0.6) is 0 Å². The van der Waals surface area contributed by atoms with Crippen molar-refractivity contribution in [2.45, 2.75) is 52.7 Å². The minimum atomic E-state index is -0.124. The summed E-state index contributed by atoms with van der Waals surface area (Å²) >= 11 is 0. The highest BCUT2D eigenvalue weighted by Gasteiger charge is 2.19. The summed E-state index contributed by atoms with van der Waals surface area (Å²) in [5, 5.41) is 8.41. The topological polar surface area (TPSA) is 63.1 Å². The molecule has 0 bridgehead atoms. The molecule has 0 aliphatic rings. The first kappa shape index (κ1) is 24.6. The molecular formula is C29H35N5O. The Bertz CT molecular complexity index is 1280. The summed E-state index contributed by atoms with van der Waals surface area (Å²) < 4.78 is 1.85. The molecule has 0 spiro atoms. The normalized spacial score (nSPS) is 12.3. The molecule has 1 atom stereocenters. The average Bonchev–Trinajstić information content (AvgIpc) is 3.30. The Labute approximate surface area is 208 Å². The minimum Gasteiger partial charge on any atom is -0.345 e. The standard InChI is InChI=1S/C29H35N5O/c1-5-7-16-33(4)20-22-12-11-15-24(17-22)27-18-25(26-19-30-34(6-2)28(26)32-27)29(35)31-21(3)23-13-9-8-10-14-23/h8-15,17-19,21H,5-7,16,20H2,1-4H3,(H,31,35)/t21-/m0/s1. The Hall–Kier alpha value is -3.51. The van der Waals surface area contributed by atoms with Gasteiger partial charge in [0.2, 0.25) is 0 Å². The third-order valence-corrected chi connectivity index (χ3v) is 6.37. The van der Waals surface area contributed by atoms with Crippen molar-refractivity contribution in [3.05, 3.63) is 83.6 Å². The van der Waals surface area contributed by atoms with E-state index in [1.165, 1.54) is 18.4 Å². The smallest absolute Gasteiger partial charge is 0.252 e. The van der Waals surface area contributed by atoms with E-state index in [-0.39, 0.29) is 11.9 Å². The number of amides is 1. The van der Waals surface area contributed by atoms with Crippen LogP contribution < -0.4 is 5.32 Å². The second-order valence-electron chi connectivity index (χ2n) is 9.15. The van der Waals surface area contributed by atoms with Gasteiger partial charge < -0.3 is 10.2 Å². The molecule has 2 aromatic carbocycles. The van der Waals surface area contributed by atoms with Crippen LogP contribution in [-0.4, -0.2) is 39.2 Å². The summed E-state index contributed by atoms with van der Waals surface area (Å²) in [4.78, 5) is 20.7. The molecule has 2 aromatic heterocycles. The molecule has 6 nitrogen and oxygen atoms in total. The number of aryl methyl sites for hydroxylation is 1. The van der Waals surface area contributed by atoms with E-state index in [4.69, 9.17) is 4.98 Å². The van der Waals surface area contributed by atoms with Crippen molar-refractivity contribution >= 4 is 16.9 Å². The van der Waals surface area contributed by atoms with Gasteiger partial charge in [-0.2, -0.15) is 5.10 Å². The van der Waals surface area contributed by atoms with E-state index in [2.05, 4.69) is 53.6 Å². The largest absolute Gasteiger partial charge is 0.345 e. The van der Waals surface area contributed by atoms with Gasteiger partial charge in [0.15, 0.2) is 5.65 Å². The maximum absolute atomic E-state index is 13.5. The monoisotopic (exact) mass is 469 g/mol. The van der Waals surface area contributed by atoms with Crippen LogP contribution in [0.4, 0.5) is 0 Å². The number of aromatic nitrogens is 3. The van der Waals surface area contributed by atoms with Gasteiger partial charge in [-0.15, -0.1) is 0 Å². The number of benzene rings is 2. The number of nitrogens with zero attached hydrogens (tertiary/aromatic N) is 4. The van der Waals surface area contributed by atoms with Crippen LogP contribution in [0.3, 0.4) is 0 Å². The Morgan fingerprint density at radius 1 is 1.09 bits per heavy atom. The van der Waals surface area contributed by atoms with E-state index in [1.54, 1.807) is 6.20 Å². The van der Waals surface area contributed by atoms with Crippen LogP contribution in [0, 0.1) is 0 Å². The fourth-order valence-corrected chi connectivity index (χ4v) is 4.36. The molecule has 4 rings (SSSR count). The minimum absolute atomic E-state index is 0.112. The van der Waals surface area contributed by atoms with Crippen molar-refractivity contribution in [2.24, 2.45) is 0 Å². The van der Waals surface area contributed by atoms with E-state index in [9.17, 15) is 4.79 Å². The average molecular weight is 470 g/mol. The molecular weight excluding hydrogens is 434 g/mol. The lowest BCUT2D eigenvalue weighted by atomic mass is 10.0. The SMILES string of the molecule is CCCCN(C)Cc1cccc(-c2cc(C(=O)N[C@@H](C)c3ccccc3)c3cnn(CC)c3n2)c1. The number of hydrogen-bond donors (Lipinski definition) is 1. The first-order valence-corrected chi connectivity index (χ1v) is 12.5. The molecule has 0 saturated heterocycles. The van der Waals surface area contributed by atoms with Crippen LogP contribution in [0.25, 0.3) is 22.3 Å². The predicted molar refractivity (Wildman–Crippen MR) is 142 cm³/mol. The molecule has 0 aliphatic carbocycles. The van der Waals surface area contributed by atoms with Crippen molar-refractivity contribution < 1.29 is 4.79 Å². The molecule has 0 fully saturated rings. The van der Waals surface area contributed by atoms with Crippen LogP contribution in [0.15, 0.2) is 66.9 Å². The number of carbonyl (C=O) groups excluding carboxylic acids is 1. The van der Waals surface area contributed by atoms with Crippen molar-refractivity contribution in [3.63, 3.8) is 0 Å². The number of rotatable bonds is 10. The van der Waals surface area contributed by atoms with E-state index < -0.39 is 0 Å². The summed E-state index contributed by atoms with van der Waals surface area (Å²) in [5.41, 5.74) is 5.41. The van der Waals surface area contributed by atoms with Gasteiger partial charge >= 0.3 is 0 Å². The second-order valence-corrected chi connectivity index (χ2v) is 9.15. The fraction of sp³-hybridized carbons (Fsp3) is 0.345. The number of unbranched alkanes of at least 4 members (excludes halogenated alkanes) is 1. The number of carbonyl (C=O) groups is 1. The lowest BCUT2D eigenvalue weighted by molar-refractivity contribution is 0.0941. The van der Waals surface area contributed by atoms with Crippen LogP contribution in [-0.2, 0) is 13.1 Å². The molecule has 4 aromatic rings. The van der Waals surface area contributed by atoms with Crippen LogP contribution in [0.1, 0.15) is 61.1 Å². The number of hydrogen-bond acceptors (Lipinski definition) is 4. The molecule has 0 saturated carbocycles. The highest BCUT2D eigenvalue weighted by atomic mass is 16.1. The molecule has 0 aliphatic heterocycles. The third kappa shape index (κ3) is 5.77. The van der Waals surface area contributed by atoms with Gasteiger partial charge in [0.25, 0.3) is 5.91 Å². The summed E-state index contributed by atoms with van der Waals surface area (Å²) in [6.07, 6.45) is 4.12. The summed E-state index contributed by atoms with van der Waals surface area (Å²) in [6, 6.07) is 20.2.